The van der Waals surface area contributed by atoms with Crippen molar-refractivity contribution >= 4 is 29.3 Å². The van der Waals surface area contributed by atoms with Crippen LogP contribution in [0.15, 0.2) is 84.0 Å². The lowest BCUT2D eigenvalue weighted by molar-refractivity contribution is -0.113. The first kappa shape index (κ1) is 24.2. The van der Waals surface area contributed by atoms with Crippen LogP contribution in [0.3, 0.4) is 0 Å². The fraction of sp³-hybridized carbons (Fsp3) is 0.185. The second-order valence-corrected chi connectivity index (χ2v) is 9.30. The number of amides is 2. The lowest BCUT2D eigenvalue weighted by Crippen LogP contribution is -2.31. The monoisotopic (exact) mass is 485 g/mol. The number of aryl methyl sites for hydroxylation is 1. The number of thioether (sulfide) groups is 1. The molecule has 4 rings (SSSR count). The molecular weight excluding hydrogens is 458 g/mol. The van der Waals surface area contributed by atoms with Crippen LogP contribution in [0.25, 0.3) is 17.1 Å². The van der Waals surface area contributed by atoms with Gasteiger partial charge in [-0.15, -0.1) is 10.2 Å². The lowest BCUT2D eigenvalue weighted by atomic mass is 10.1. The van der Waals surface area contributed by atoms with E-state index in [-0.39, 0.29) is 23.6 Å². The summed E-state index contributed by atoms with van der Waals surface area (Å²) in [6, 6.07) is 24.9. The summed E-state index contributed by atoms with van der Waals surface area (Å²) in [5.74, 6) is 0.349. The minimum atomic E-state index is -0.237. The molecule has 0 aliphatic carbocycles. The van der Waals surface area contributed by atoms with E-state index in [1.165, 1.54) is 11.8 Å². The third kappa shape index (κ3) is 5.96. The van der Waals surface area contributed by atoms with E-state index < -0.39 is 0 Å². The second-order valence-electron chi connectivity index (χ2n) is 8.35. The molecule has 0 bridgehead atoms. The van der Waals surface area contributed by atoms with Crippen molar-refractivity contribution in [2.45, 2.75) is 32.0 Å². The van der Waals surface area contributed by atoms with Crippen LogP contribution in [0.4, 0.5) is 5.69 Å². The first-order valence-corrected chi connectivity index (χ1v) is 12.3. The molecule has 2 amide bonds. The Morgan fingerprint density at radius 1 is 0.914 bits per heavy atom. The van der Waals surface area contributed by atoms with Crippen molar-refractivity contribution in [2.24, 2.45) is 0 Å². The predicted octanol–water partition coefficient (Wildman–Crippen LogP) is 5.11. The SMILES string of the molecule is Cc1ccc(-n2c(SCC(=O)Nc3ccccc3C(=O)NC(C)C)nnc2-c2ccccc2)cc1. The number of carbonyl (C=O) groups is 2. The van der Waals surface area contributed by atoms with Gasteiger partial charge >= 0.3 is 0 Å². The highest BCUT2D eigenvalue weighted by Crippen LogP contribution is 2.28. The Bertz CT molecular complexity index is 1320. The van der Waals surface area contributed by atoms with E-state index in [2.05, 4.69) is 20.8 Å². The summed E-state index contributed by atoms with van der Waals surface area (Å²) >= 11 is 1.29. The molecular formula is C27H27N5O2S. The number of benzene rings is 3. The van der Waals surface area contributed by atoms with E-state index in [1.54, 1.807) is 24.3 Å². The minimum absolute atomic E-state index is 0.00578. The zero-order valence-electron chi connectivity index (χ0n) is 19.9. The maximum atomic E-state index is 12.8. The number of rotatable bonds is 8. The molecule has 1 aromatic heterocycles. The van der Waals surface area contributed by atoms with Gasteiger partial charge in [-0.1, -0.05) is 71.9 Å². The van der Waals surface area contributed by atoms with Gasteiger partial charge in [0.2, 0.25) is 5.91 Å². The Kier molecular flexibility index (Phi) is 7.62. The highest BCUT2D eigenvalue weighted by molar-refractivity contribution is 7.99. The molecule has 0 saturated carbocycles. The van der Waals surface area contributed by atoms with Gasteiger partial charge in [-0.05, 0) is 45.0 Å². The van der Waals surface area contributed by atoms with Gasteiger partial charge in [0.05, 0.1) is 17.0 Å². The van der Waals surface area contributed by atoms with Gasteiger partial charge in [0, 0.05) is 17.3 Å². The van der Waals surface area contributed by atoms with Gasteiger partial charge in [0.25, 0.3) is 5.91 Å². The molecule has 8 heteroatoms. The third-order valence-electron chi connectivity index (χ3n) is 5.16. The molecule has 0 unspecified atom stereocenters. The molecule has 3 aromatic carbocycles. The van der Waals surface area contributed by atoms with Gasteiger partial charge < -0.3 is 10.6 Å². The first-order valence-electron chi connectivity index (χ1n) is 11.3. The van der Waals surface area contributed by atoms with Crippen molar-refractivity contribution in [1.82, 2.24) is 20.1 Å². The van der Waals surface area contributed by atoms with Gasteiger partial charge in [0.15, 0.2) is 11.0 Å². The molecule has 1 heterocycles. The number of hydrogen-bond donors (Lipinski definition) is 2. The Hall–Kier alpha value is -3.91. The highest BCUT2D eigenvalue weighted by Gasteiger charge is 2.18. The van der Waals surface area contributed by atoms with Crippen molar-refractivity contribution in [3.05, 3.63) is 90.0 Å². The Morgan fingerprint density at radius 2 is 1.60 bits per heavy atom. The van der Waals surface area contributed by atoms with Gasteiger partial charge in [-0.3, -0.25) is 14.2 Å². The molecule has 0 aliphatic rings. The lowest BCUT2D eigenvalue weighted by Gasteiger charge is -2.13. The topological polar surface area (TPSA) is 88.9 Å². The van der Waals surface area contributed by atoms with Crippen molar-refractivity contribution in [2.75, 3.05) is 11.1 Å². The van der Waals surface area contributed by atoms with Gasteiger partial charge in [-0.25, -0.2) is 0 Å². The number of nitrogens with zero attached hydrogens (tertiary/aromatic N) is 3. The Labute approximate surface area is 209 Å². The van der Waals surface area contributed by atoms with Crippen LogP contribution in [0.1, 0.15) is 29.8 Å². The summed E-state index contributed by atoms with van der Waals surface area (Å²) in [4.78, 5) is 25.3. The predicted molar refractivity (Wildman–Crippen MR) is 140 cm³/mol. The van der Waals surface area contributed by atoms with Gasteiger partial charge in [0.1, 0.15) is 0 Å². The van der Waals surface area contributed by atoms with Crippen LogP contribution < -0.4 is 10.6 Å². The number of para-hydroxylation sites is 1. The summed E-state index contributed by atoms with van der Waals surface area (Å²) in [6.07, 6.45) is 0. The second kappa shape index (κ2) is 11.0. The van der Waals surface area contributed by atoms with Crippen LogP contribution in [-0.2, 0) is 4.79 Å². The number of anilines is 1. The fourth-order valence-corrected chi connectivity index (χ4v) is 4.26. The average Bonchev–Trinajstić information content (AvgIpc) is 3.27. The van der Waals surface area contributed by atoms with Gasteiger partial charge in [-0.2, -0.15) is 0 Å². The zero-order chi connectivity index (χ0) is 24.8. The van der Waals surface area contributed by atoms with Crippen LogP contribution in [0, 0.1) is 6.92 Å². The minimum Gasteiger partial charge on any atom is -0.350 e. The number of nitrogens with one attached hydrogen (secondary N) is 2. The molecule has 4 aromatic rings. The standard InChI is InChI=1S/C27H27N5O2S/c1-18(2)28-26(34)22-11-7-8-12-23(22)29-24(33)17-35-27-31-30-25(20-9-5-4-6-10-20)32(27)21-15-13-19(3)14-16-21/h4-16,18H,17H2,1-3H3,(H,28,34)(H,29,33). The largest absolute Gasteiger partial charge is 0.350 e. The average molecular weight is 486 g/mol. The molecule has 0 saturated heterocycles. The summed E-state index contributed by atoms with van der Waals surface area (Å²) in [6.45, 7) is 5.82. The van der Waals surface area contributed by atoms with Crippen molar-refractivity contribution < 1.29 is 9.59 Å². The quantitative estimate of drug-likeness (QED) is 0.339. The smallest absolute Gasteiger partial charge is 0.253 e. The molecule has 2 N–H and O–H groups in total. The molecule has 35 heavy (non-hydrogen) atoms. The van der Waals surface area contributed by atoms with Crippen molar-refractivity contribution in [3.8, 4) is 17.1 Å². The zero-order valence-corrected chi connectivity index (χ0v) is 20.7. The molecule has 0 aliphatic heterocycles. The van der Waals surface area contributed by atoms with E-state index in [1.807, 2.05) is 79.9 Å². The van der Waals surface area contributed by atoms with Crippen LogP contribution in [0.2, 0.25) is 0 Å². The molecule has 7 nitrogen and oxygen atoms in total. The van der Waals surface area contributed by atoms with E-state index >= 15 is 0 Å². The normalized spacial score (nSPS) is 10.9. The third-order valence-corrected chi connectivity index (χ3v) is 6.08. The highest BCUT2D eigenvalue weighted by atomic mass is 32.2. The van der Waals surface area contributed by atoms with E-state index in [0.717, 1.165) is 16.8 Å². The number of aromatic nitrogens is 3. The summed E-state index contributed by atoms with van der Waals surface area (Å²) < 4.78 is 1.96. The molecule has 0 spiro atoms. The maximum Gasteiger partial charge on any atom is 0.253 e. The maximum absolute atomic E-state index is 12.8. The molecule has 0 radical (unpaired) electrons. The van der Waals surface area contributed by atoms with Crippen LogP contribution in [0.5, 0.6) is 0 Å². The van der Waals surface area contributed by atoms with Crippen LogP contribution in [-0.4, -0.2) is 38.4 Å². The number of carbonyl (C=O) groups excluding carboxylic acids is 2. The summed E-state index contributed by atoms with van der Waals surface area (Å²) in [7, 11) is 0. The Balaban J connectivity index is 1.55. The van der Waals surface area contributed by atoms with E-state index in [4.69, 9.17) is 0 Å². The van der Waals surface area contributed by atoms with E-state index in [9.17, 15) is 9.59 Å². The molecule has 0 atom stereocenters. The summed E-state index contributed by atoms with van der Waals surface area (Å²) in [5, 5.41) is 15.1. The fourth-order valence-electron chi connectivity index (χ4n) is 3.51. The summed E-state index contributed by atoms with van der Waals surface area (Å²) in [5.41, 5.74) is 3.90. The Morgan fingerprint density at radius 3 is 2.31 bits per heavy atom. The van der Waals surface area contributed by atoms with Crippen molar-refractivity contribution in [3.63, 3.8) is 0 Å². The molecule has 0 fully saturated rings. The number of hydrogen-bond acceptors (Lipinski definition) is 5. The first-order chi connectivity index (χ1) is 16.9. The molecule has 178 valence electrons. The van der Waals surface area contributed by atoms with E-state index in [0.29, 0.717) is 22.2 Å². The van der Waals surface area contributed by atoms with Crippen molar-refractivity contribution in [1.29, 1.82) is 0 Å². The van der Waals surface area contributed by atoms with Crippen LogP contribution >= 0.6 is 11.8 Å².